The monoisotopic (exact) mass is 1050 g/mol. The Morgan fingerprint density at radius 2 is 0.448 bits per heavy atom. The minimum Gasteiger partial charge on any atom is -0.300 e. The van der Waals surface area contributed by atoms with Gasteiger partial charge in [0.2, 0.25) is 0 Å². The van der Waals surface area contributed by atoms with Crippen LogP contribution in [0.15, 0.2) is 110 Å². The number of fused-ring (bicyclic) bond motifs is 7. The molecular weight excluding hydrogens is 984 g/mol. The molecule has 0 atom stereocenters. The fourth-order valence-corrected chi connectivity index (χ4v) is 5.35. The van der Waals surface area contributed by atoms with Crippen LogP contribution in [0.2, 0.25) is 0 Å². The quantitative estimate of drug-likeness (QED) is 0.144. The largest absolute Gasteiger partial charge is 0.300 e. The van der Waals surface area contributed by atoms with Crippen molar-refractivity contribution >= 4 is 54.9 Å². The summed E-state index contributed by atoms with van der Waals surface area (Å²) in [5.41, 5.74) is 7.67. The van der Waals surface area contributed by atoms with Crippen molar-refractivity contribution in [2.24, 2.45) is 0 Å². The maximum Gasteiger partial charge on any atom is 0.129 e. The number of imidazole rings is 2. The van der Waals surface area contributed by atoms with Gasteiger partial charge >= 0.3 is 0 Å². The van der Waals surface area contributed by atoms with E-state index in [4.69, 9.17) is 0 Å². The average Bonchev–Trinajstić information content (AvgIpc) is 4.05. The number of para-hydroxylation sites is 2. The molecule has 342 valence electrons. The first-order valence-electron chi connectivity index (χ1n) is 18.9. The van der Waals surface area contributed by atoms with Crippen LogP contribution in [0, 0.1) is 377 Å². The molecule has 58 heavy (non-hydrogen) atoms. The number of hydrogen-bond donors (Lipinski definition) is 0. The molecule has 0 spiro atoms. The zero-order valence-corrected chi connectivity index (χ0v) is 43.8. The van der Waals surface area contributed by atoms with E-state index in [0.717, 1.165) is 0 Å². The first-order valence-corrected chi connectivity index (χ1v) is 18.9. The van der Waals surface area contributed by atoms with Gasteiger partial charge in [0.05, 0.1) is 22.1 Å². The SMILES string of the molecule is CC.CC.CC.CC.CC.CC.CC.CC.[Ar].[Ar].[Ar].[Ar].[Ar].[Ar].[Ar].[Ar].[Ar].[Ar].c1ccc2c(c1)n1ccc3ccn2c31.c1ccc2cc3c(cc2c1)n1ccc2ccn3c21. The molecule has 0 aliphatic heterocycles. The Kier molecular flexibility index (Phi) is 91.9. The fraction of sp³-hybridized carbons (Fsp3) is 0.364. The third-order valence-electron chi connectivity index (χ3n) is 6.80. The normalized spacial score (nSPS) is 7.66. The van der Waals surface area contributed by atoms with Crippen molar-refractivity contribution in [3.05, 3.63) is 110 Å². The maximum atomic E-state index is 2.27. The first kappa shape index (κ1) is 92.3. The van der Waals surface area contributed by atoms with Crippen LogP contribution in [0.4, 0.5) is 0 Å². The summed E-state index contributed by atoms with van der Waals surface area (Å²) in [6.07, 6.45) is 8.57. The van der Waals surface area contributed by atoms with Gasteiger partial charge in [0.1, 0.15) is 11.3 Å². The van der Waals surface area contributed by atoms with E-state index in [1.54, 1.807) is 0 Å². The zero-order valence-electron chi connectivity index (χ0n) is 36.7. The molecular formula is C44H66Ar10N4. The van der Waals surface area contributed by atoms with Crippen LogP contribution in [0.5, 0.6) is 0 Å². The summed E-state index contributed by atoms with van der Waals surface area (Å²) in [5, 5.41) is 5.20. The Morgan fingerprint density at radius 3 is 0.690 bits per heavy atom. The summed E-state index contributed by atoms with van der Waals surface area (Å²) >= 11 is 0. The van der Waals surface area contributed by atoms with Gasteiger partial charge in [0, 0.05) is 413 Å². The molecule has 0 fully saturated rings. The van der Waals surface area contributed by atoms with Crippen molar-refractivity contribution in [1.82, 2.24) is 17.6 Å². The first-order chi connectivity index (χ1) is 23.9. The van der Waals surface area contributed by atoms with E-state index >= 15 is 0 Å². The molecule has 0 saturated carbocycles. The average molecular weight is 1050 g/mol. The van der Waals surface area contributed by atoms with E-state index in [1.165, 1.54) is 54.9 Å². The molecule has 6 aromatic heterocycles. The summed E-state index contributed by atoms with van der Waals surface area (Å²) in [4.78, 5) is 0. The van der Waals surface area contributed by atoms with Gasteiger partial charge in [-0.3, -0.25) is 0 Å². The van der Waals surface area contributed by atoms with Crippen molar-refractivity contribution in [2.45, 2.75) is 111 Å². The molecule has 0 bridgehead atoms. The molecule has 0 radical (unpaired) electrons. The smallest absolute Gasteiger partial charge is 0.129 e. The standard InChI is InChI=1S/C16H10N2.C12H8N2.8C2H6.10Ar/c1-2-4-13-10-15-14(9-12(13)3-1)17-7-5-11-6-8-18(15)16(11)17;1-2-4-11-10(3-1)13-7-5-9-6-8-14(11)12(9)13;8*1-2;;;;;;;;;;/h1-10H;1-8H;8*1-2H3;;;;;;;;;;. The summed E-state index contributed by atoms with van der Waals surface area (Å²) < 4.78 is 9.03. The molecule has 0 N–H and O–H groups in total. The Balaban J connectivity index is -0.0000000564. The van der Waals surface area contributed by atoms with Crippen LogP contribution in [0.3, 0.4) is 0 Å². The molecule has 0 aliphatic carbocycles. The second-order valence-electron chi connectivity index (χ2n) is 8.48. The van der Waals surface area contributed by atoms with Gasteiger partial charge in [-0.15, -0.1) is 0 Å². The van der Waals surface area contributed by atoms with E-state index in [-0.39, 0.29) is 377 Å². The fourth-order valence-electron chi connectivity index (χ4n) is 5.35. The van der Waals surface area contributed by atoms with E-state index < -0.39 is 0 Å². The Morgan fingerprint density at radius 1 is 0.241 bits per heavy atom. The summed E-state index contributed by atoms with van der Waals surface area (Å²) in [6, 6.07) is 30.2. The van der Waals surface area contributed by atoms with Gasteiger partial charge in [0.15, 0.2) is 0 Å². The van der Waals surface area contributed by atoms with Crippen LogP contribution < -0.4 is 0 Å². The van der Waals surface area contributed by atoms with E-state index in [2.05, 4.69) is 127 Å². The van der Waals surface area contributed by atoms with Crippen molar-refractivity contribution in [1.29, 1.82) is 0 Å². The summed E-state index contributed by atoms with van der Waals surface area (Å²) in [5.74, 6) is 0. The van der Waals surface area contributed by atoms with Crippen molar-refractivity contribution in [2.75, 3.05) is 0 Å². The van der Waals surface area contributed by atoms with E-state index in [1.807, 2.05) is 111 Å². The molecule has 0 amide bonds. The molecule has 14 heteroatoms. The van der Waals surface area contributed by atoms with Crippen LogP contribution in [-0.4, -0.2) is 17.6 Å². The number of nitrogens with zero attached hydrogens (tertiary/aromatic N) is 4. The van der Waals surface area contributed by atoms with Gasteiger partial charge in [-0.1, -0.05) is 147 Å². The Labute approximate surface area is 653 Å². The Bertz CT molecular complexity index is 1920. The molecule has 3 aromatic carbocycles. The Hall–Kier alpha value is 8.16. The van der Waals surface area contributed by atoms with Crippen LogP contribution >= 0.6 is 0 Å². The number of benzene rings is 3. The second-order valence-corrected chi connectivity index (χ2v) is 8.48. The second kappa shape index (κ2) is 57.7. The molecule has 4 nitrogen and oxygen atoms in total. The molecule has 9 rings (SSSR count). The number of aromatic nitrogens is 4. The molecule has 6 heterocycles. The van der Waals surface area contributed by atoms with Crippen LogP contribution in [-0.2, 0) is 0 Å². The van der Waals surface area contributed by atoms with Gasteiger partial charge in [-0.25, -0.2) is 0 Å². The third-order valence-corrected chi connectivity index (χ3v) is 6.80. The summed E-state index contributed by atoms with van der Waals surface area (Å²) in [7, 11) is 0. The molecule has 0 aliphatic rings. The topological polar surface area (TPSA) is 17.6 Å². The van der Waals surface area contributed by atoms with Crippen molar-refractivity contribution in [3.63, 3.8) is 0 Å². The van der Waals surface area contributed by atoms with Gasteiger partial charge in [-0.05, 0) is 59.3 Å². The van der Waals surface area contributed by atoms with Crippen LogP contribution in [0.25, 0.3) is 54.9 Å². The molecule has 0 saturated heterocycles. The van der Waals surface area contributed by atoms with E-state index in [9.17, 15) is 0 Å². The predicted octanol–water partition coefficient (Wildman–Crippen LogP) is 14.9. The maximum absolute atomic E-state index is 2.27. The van der Waals surface area contributed by atoms with Gasteiger partial charge in [0.25, 0.3) is 0 Å². The zero-order chi connectivity index (χ0) is 36.8. The number of hydrogen-bond acceptors (Lipinski definition) is 0. The van der Waals surface area contributed by atoms with E-state index in [0.29, 0.717) is 0 Å². The third kappa shape index (κ3) is 24.5. The van der Waals surface area contributed by atoms with Crippen molar-refractivity contribution in [3.8, 4) is 0 Å². The van der Waals surface area contributed by atoms with Crippen LogP contribution in [0.1, 0.15) is 111 Å². The predicted molar refractivity (Wildman–Crippen MR) is 222 cm³/mol. The number of rotatable bonds is 0. The van der Waals surface area contributed by atoms with Crippen molar-refractivity contribution < 1.29 is 377 Å². The molecule has 9 aromatic rings. The minimum atomic E-state index is 0. The van der Waals surface area contributed by atoms with Gasteiger partial charge in [-0.2, -0.15) is 0 Å². The van der Waals surface area contributed by atoms with Gasteiger partial charge < -0.3 is 17.6 Å². The minimum absolute atomic E-state index is 0. The summed E-state index contributed by atoms with van der Waals surface area (Å²) in [6.45, 7) is 32.0. The molecule has 0 unspecified atom stereocenters.